The Bertz CT molecular complexity index is 1400. The molecule has 2 aromatic carbocycles. The van der Waals surface area contributed by atoms with Crippen LogP contribution in [0.5, 0.6) is 0 Å². The third kappa shape index (κ3) is 5.74. The van der Waals surface area contributed by atoms with Gasteiger partial charge in [0, 0.05) is 61.2 Å². The molecule has 1 aliphatic heterocycles. The van der Waals surface area contributed by atoms with Gasteiger partial charge in [0.05, 0.1) is 17.8 Å². The van der Waals surface area contributed by atoms with Gasteiger partial charge in [-0.05, 0) is 42.5 Å². The van der Waals surface area contributed by atoms with E-state index in [0.29, 0.717) is 17.5 Å². The Balaban J connectivity index is 1.34. The fourth-order valence-electron chi connectivity index (χ4n) is 4.41. The molecule has 9 nitrogen and oxygen atoms in total. The number of aliphatic hydroxyl groups is 1. The van der Waals surface area contributed by atoms with Gasteiger partial charge in [0.1, 0.15) is 5.82 Å². The van der Waals surface area contributed by atoms with Crippen LogP contribution < -0.4 is 15.5 Å². The zero-order chi connectivity index (χ0) is 25.6. The van der Waals surface area contributed by atoms with E-state index >= 15 is 0 Å². The van der Waals surface area contributed by atoms with Crippen molar-refractivity contribution < 1.29 is 9.90 Å². The van der Waals surface area contributed by atoms with E-state index in [0.717, 1.165) is 54.9 Å². The summed E-state index contributed by atoms with van der Waals surface area (Å²) in [6, 6.07) is 19.6. The van der Waals surface area contributed by atoms with Gasteiger partial charge in [-0.3, -0.25) is 9.69 Å². The zero-order valence-electron chi connectivity index (χ0n) is 20.5. The quantitative estimate of drug-likeness (QED) is 0.318. The second kappa shape index (κ2) is 11.2. The maximum Gasteiger partial charge on any atom is 0.248 e. The van der Waals surface area contributed by atoms with Gasteiger partial charge < -0.3 is 20.6 Å². The number of nitrogens with one attached hydrogen (secondary N) is 2. The molecule has 188 valence electrons. The Labute approximate surface area is 215 Å². The average Bonchev–Trinajstić information content (AvgIpc) is 2.94. The Morgan fingerprint density at radius 2 is 1.78 bits per heavy atom. The van der Waals surface area contributed by atoms with Crippen molar-refractivity contribution >= 4 is 40.0 Å². The van der Waals surface area contributed by atoms with Gasteiger partial charge in [-0.2, -0.15) is 0 Å². The highest BCUT2D eigenvalue weighted by atomic mass is 16.3. The average molecular weight is 496 g/mol. The minimum absolute atomic E-state index is 0.204. The van der Waals surface area contributed by atoms with Crippen molar-refractivity contribution in [3.63, 3.8) is 0 Å². The summed E-state index contributed by atoms with van der Waals surface area (Å²) in [5.74, 6) is 0.620. The number of aliphatic hydroxyl groups excluding tert-OH is 1. The predicted molar refractivity (Wildman–Crippen MR) is 147 cm³/mol. The van der Waals surface area contributed by atoms with E-state index in [1.807, 2.05) is 42.5 Å². The fraction of sp³-hybridized carbons (Fsp3) is 0.214. The lowest BCUT2D eigenvalue weighted by atomic mass is 10.1. The first-order chi connectivity index (χ1) is 18.1. The van der Waals surface area contributed by atoms with Crippen LogP contribution in [0.4, 0.5) is 23.1 Å². The van der Waals surface area contributed by atoms with Crippen LogP contribution in [0.25, 0.3) is 22.2 Å². The van der Waals surface area contributed by atoms with Crippen molar-refractivity contribution in [1.29, 1.82) is 0 Å². The van der Waals surface area contributed by atoms with E-state index < -0.39 is 0 Å². The number of carbonyl (C=O) groups excluding carboxylic acids is 1. The van der Waals surface area contributed by atoms with Gasteiger partial charge in [0.15, 0.2) is 0 Å². The first kappa shape index (κ1) is 24.4. The second-order valence-corrected chi connectivity index (χ2v) is 8.76. The standard InChI is InChI=1S/C28H29N7O2/c1-2-26(37)32-25-8-4-7-24(31-25)23-6-3-5-20-19-29-28(33-27(20)23)30-21-9-11-22(12-10-21)35-15-13-34(14-16-35)17-18-36/h2-12,19,36H,1,13-18H2,(H,29,30,33)(H,31,32,37). The van der Waals surface area contributed by atoms with Crippen molar-refractivity contribution in [1.82, 2.24) is 19.9 Å². The number of hydrogen-bond donors (Lipinski definition) is 3. The third-order valence-electron chi connectivity index (χ3n) is 6.35. The lowest BCUT2D eigenvalue weighted by Gasteiger charge is -2.35. The van der Waals surface area contributed by atoms with Crippen LogP contribution >= 0.6 is 0 Å². The summed E-state index contributed by atoms with van der Waals surface area (Å²) in [7, 11) is 0. The largest absolute Gasteiger partial charge is 0.395 e. The summed E-state index contributed by atoms with van der Waals surface area (Å²) >= 11 is 0. The molecule has 1 amide bonds. The number of para-hydroxylation sites is 1. The predicted octanol–water partition coefficient (Wildman–Crippen LogP) is 3.67. The van der Waals surface area contributed by atoms with Crippen LogP contribution in [0, 0.1) is 0 Å². The van der Waals surface area contributed by atoms with E-state index in [4.69, 9.17) is 10.1 Å². The number of nitrogens with zero attached hydrogens (tertiary/aromatic N) is 5. The molecule has 0 atom stereocenters. The number of hydrogen-bond acceptors (Lipinski definition) is 8. The molecule has 1 aliphatic rings. The number of piperazine rings is 1. The highest BCUT2D eigenvalue weighted by molar-refractivity contribution is 5.98. The van der Waals surface area contributed by atoms with Crippen LogP contribution in [-0.2, 0) is 4.79 Å². The SMILES string of the molecule is C=CC(=O)Nc1cccc(-c2cccc3cnc(Nc4ccc(N5CCN(CCO)CC5)cc4)nc23)n1. The molecule has 4 aromatic rings. The summed E-state index contributed by atoms with van der Waals surface area (Å²) in [5.41, 5.74) is 4.36. The van der Waals surface area contributed by atoms with E-state index in [2.05, 4.69) is 49.1 Å². The van der Waals surface area contributed by atoms with Gasteiger partial charge in [-0.1, -0.05) is 30.8 Å². The van der Waals surface area contributed by atoms with Crippen LogP contribution in [0.3, 0.4) is 0 Å². The molecule has 9 heteroatoms. The second-order valence-electron chi connectivity index (χ2n) is 8.76. The number of β-amino-alcohol motifs (C(OH)–C–C–N with tert-alkyl or cyclic N) is 1. The van der Waals surface area contributed by atoms with E-state index in [9.17, 15) is 4.79 Å². The maximum absolute atomic E-state index is 11.7. The van der Waals surface area contributed by atoms with Gasteiger partial charge in [-0.25, -0.2) is 15.0 Å². The van der Waals surface area contributed by atoms with Gasteiger partial charge in [0.25, 0.3) is 0 Å². The summed E-state index contributed by atoms with van der Waals surface area (Å²) < 4.78 is 0. The first-order valence-electron chi connectivity index (χ1n) is 12.2. The molecular weight excluding hydrogens is 466 g/mol. The smallest absolute Gasteiger partial charge is 0.248 e. The van der Waals surface area contributed by atoms with Crippen LogP contribution in [-0.4, -0.2) is 70.2 Å². The Hall–Kier alpha value is -4.34. The van der Waals surface area contributed by atoms with E-state index in [-0.39, 0.29) is 12.5 Å². The zero-order valence-corrected chi connectivity index (χ0v) is 20.5. The molecule has 2 aromatic heterocycles. The lowest BCUT2D eigenvalue weighted by Crippen LogP contribution is -2.47. The number of rotatable bonds is 8. The molecule has 3 heterocycles. The molecule has 1 saturated heterocycles. The van der Waals surface area contributed by atoms with E-state index in [1.54, 1.807) is 12.3 Å². The van der Waals surface area contributed by atoms with Crippen molar-refractivity contribution in [2.24, 2.45) is 0 Å². The number of carbonyl (C=O) groups is 1. The third-order valence-corrected chi connectivity index (χ3v) is 6.35. The highest BCUT2D eigenvalue weighted by Crippen LogP contribution is 2.28. The Morgan fingerprint density at radius 3 is 2.54 bits per heavy atom. The molecule has 0 bridgehead atoms. The molecule has 0 saturated carbocycles. The number of pyridine rings is 1. The molecular formula is C28H29N7O2. The van der Waals surface area contributed by atoms with Crippen LogP contribution in [0.2, 0.25) is 0 Å². The molecule has 37 heavy (non-hydrogen) atoms. The van der Waals surface area contributed by atoms with Crippen LogP contribution in [0.1, 0.15) is 0 Å². The number of fused-ring (bicyclic) bond motifs is 1. The monoisotopic (exact) mass is 495 g/mol. The molecule has 0 aliphatic carbocycles. The van der Waals surface area contributed by atoms with Crippen molar-refractivity contribution in [3.05, 3.63) is 79.5 Å². The minimum atomic E-state index is -0.314. The summed E-state index contributed by atoms with van der Waals surface area (Å²) in [4.78, 5) is 30.2. The first-order valence-corrected chi connectivity index (χ1v) is 12.2. The summed E-state index contributed by atoms with van der Waals surface area (Å²) in [6.07, 6.45) is 3.00. The molecule has 3 N–H and O–H groups in total. The topological polar surface area (TPSA) is 107 Å². The normalized spacial score (nSPS) is 13.9. The highest BCUT2D eigenvalue weighted by Gasteiger charge is 2.16. The molecule has 5 rings (SSSR count). The van der Waals surface area contributed by atoms with Gasteiger partial charge in [-0.15, -0.1) is 0 Å². The van der Waals surface area contributed by atoms with E-state index in [1.165, 1.54) is 11.8 Å². The fourth-order valence-corrected chi connectivity index (χ4v) is 4.41. The van der Waals surface area contributed by atoms with Crippen molar-refractivity contribution in [2.75, 3.05) is 54.9 Å². The number of amides is 1. The molecule has 0 unspecified atom stereocenters. The molecule has 1 fully saturated rings. The Kier molecular flexibility index (Phi) is 7.34. The van der Waals surface area contributed by atoms with Gasteiger partial charge >= 0.3 is 0 Å². The van der Waals surface area contributed by atoms with Crippen molar-refractivity contribution in [2.45, 2.75) is 0 Å². The van der Waals surface area contributed by atoms with Crippen molar-refractivity contribution in [3.8, 4) is 11.3 Å². The summed E-state index contributed by atoms with van der Waals surface area (Å²) in [6.45, 7) is 8.20. The minimum Gasteiger partial charge on any atom is -0.395 e. The number of anilines is 4. The lowest BCUT2D eigenvalue weighted by molar-refractivity contribution is -0.111. The number of aromatic nitrogens is 3. The summed E-state index contributed by atoms with van der Waals surface area (Å²) in [5, 5.41) is 16.0. The number of benzene rings is 2. The molecule has 0 radical (unpaired) electrons. The maximum atomic E-state index is 11.7. The van der Waals surface area contributed by atoms with Gasteiger partial charge in [0.2, 0.25) is 11.9 Å². The Morgan fingerprint density at radius 1 is 1.00 bits per heavy atom. The van der Waals surface area contributed by atoms with Crippen LogP contribution in [0.15, 0.2) is 79.5 Å². The molecule has 0 spiro atoms.